The van der Waals surface area contributed by atoms with E-state index in [1.54, 1.807) is 0 Å². The summed E-state index contributed by atoms with van der Waals surface area (Å²) < 4.78 is 6.29. The first-order valence-electron chi connectivity index (χ1n) is 6.09. The molecule has 0 atom stereocenters. The Balaban J connectivity index is 1.95. The van der Waals surface area contributed by atoms with Gasteiger partial charge in [0.1, 0.15) is 17.0 Å². The molecule has 0 aliphatic rings. The van der Waals surface area contributed by atoms with E-state index in [1.165, 1.54) is 23.7 Å². The van der Waals surface area contributed by atoms with Crippen molar-refractivity contribution in [2.24, 2.45) is 0 Å². The molecular formula is C15H10BrNO3S. The number of halogens is 1. The van der Waals surface area contributed by atoms with Crippen molar-refractivity contribution >= 4 is 33.2 Å². The summed E-state index contributed by atoms with van der Waals surface area (Å²) in [5.74, 6) is -0.552. The minimum absolute atomic E-state index is 0.123. The van der Waals surface area contributed by atoms with Crippen molar-refractivity contribution < 1.29 is 14.3 Å². The van der Waals surface area contributed by atoms with Crippen molar-refractivity contribution in [3.8, 4) is 22.0 Å². The maximum atomic E-state index is 10.9. The first-order chi connectivity index (χ1) is 10.0. The molecule has 0 saturated carbocycles. The zero-order valence-corrected chi connectivity index (χ0v) is 13.4. The highest BCUT2D eigenvalue weighted by Gasteiger charge is 2.13. The number of carboxylic acids is 1. The van der Waals surface area contributed by atoms with Crippen LogP contribution < -0.4 is 0 Å². The number of aryl methyl sites for hydroxylation is 1. The van der Waals surface area contributed by atoms with E-state index in [1.807, 2.05) is 30.5 Å². The summed E-state index contributed by atoms with van der Waals surface area (Å²) in [6, 6.07) is 7.53. The molecule has 0 bridgehead atoms. The van der Waals surface area contributed by atoms with Gasteiger partial charge in [0.05, 0.1) is 5.56 Å². The largest absolute Gasteiger partial charge is 0.478 e. The van der Waals surface area contributed by atoms with Gasteiger partial charge < -0.3 is 9.52 Å². The zero-order chi connectivity index (χ0) is 15.0. The molecule has 0 unspecified atom stereocenters. The average molecular weight is 364 g/mol. The normalized spacial score (nSPS) is 10.8. The fourth-order valence-corrected chi connectivity index (χ4v) is 3.01. The Bertz CT molecular complexity index is 822. The first kappa shape index (κ1) is 14.0. The van der Waals surface area contributed by atoms with Crippen LogP contribution in [0.3, 0.4) is 0 Å². The van der Waals surface area contributed by atoms with Crippen molar-refractivity contribution in [2.75, 3.05) is 0 Å². The lowest BCUT2D eigenvalue weighted by Gasteiger charge is -2.00. The molecule has 0 saturated heterocycles. The highest BCUT2D eigenvalue weighted by Crippen LogP contribution is 2.31. The van der Waals surface area contributed by atoms with Crippen LogP contribution in [0.15, 0.2) is 44.8 Å². The van der Waals surface area contributed by atoms with E-state index in [9.17, 15) is 4.79 Å². The van der Waals surface area contributed by atoms with Crippen LogP contribution in [0.1, 0.15) is 15.9 Å². The van der Waals surface area contributed by atoms with Crippen molar-refractivity contribution in [1.82, 2.24) is 4.98 Å². The lowest BCUT2D eigenvalue weighted by Crippen LogP contribution is -1.91. The lowest BCUT2D eigenvalue weighted by molar-refractivity contribution is 0.0696. The second-order valence-electron chi connectivity index (χ2n) is 4.51. The van der Waals surface area contributed by atoms with Crippen LogP contribution in [-0.4, -0.2) is 16.1 Å². The molecule has 3 rings (SSSR count). The van der Waals surface area contributed by atoms with Crippen LogP contribution in [0.2, 0.25) is 0 Å². The molecule has 0 aliphatic carbocycles. The van der Waals surface area contributed by atoms with Crippen molar-refractivity contribution in [3.63, 3.8) is 0 Å². The van der Waals surface area contributed by atoms with E-state index < -0.39 is 5.97 Å². The Morgan fingerprint density at radius 1 is 1.38 bits per heavy atom. The van der Waals surface area contributed by atoms with E-state index in [2.05, 4.69) is 20.9 Å². The van der Waals surface area contributed by atoms with E-state index in [0.717, 1.165) is 20.6 Å². The Morgan fingerprint density at radius 2 is 2.19 bits per heavy atom. The van der Waals surface area contributed by atoms with Gasteiger partial charge >= 0.3 is 5.97 Å². The van der Waals surface area contributed by atoms with Crippen LogP contribution in [0.4, 0.5) is 0 Å². The number of benzene rings is 1. The summed E-state index contributed by atoms with van der Waals surface area (Å²) in [5.41, 5.74) is 2.93. The van der Waals surface area contributed by atoms with Gasteiger partial charge in [0.2, 0.25) is 0 Å². The van der Waals surface area contributed by atoms with Gasteiger partial charge in [-0.1, -0.05) is 28.1 Å². The summed E-state index contributed by atoms with van der Waals surface area (Å²) >= 11 is 5.00. The predicted octanol–water partition coefficient (Wildman–Crippen LogP) is 4.84. The second kappa shape index (κ2) is 5.46. The van der Waals surface area contributed by atoms with Crippen LogP contribution in [-0.2, 0) is 0 Å². The number of aromatic carboxylic acids is 1. The highest BCUT2D eigenvalue weighted by atomic mass is 79.9. The quantitative estimate of drug-likeness (QED) is 0.722. The summed E-state index contributed by atoms with van der Waals surface area (Å²) in [7, 11) is 0. The van der Waals surface area contributed by atoms with Crippen LogP contribution in [0.5, 0.6) is 0 Å². The van der Waals surface area contributed by atoms with Crippen molar-refractivity contribution in [1.29, 1.82) is 0 Å². The first-order valence-corrected chi connectivity index (χ1v) is 7.76. The molecule has 0 spiro atoms. The van der Waals surface area contributed by atoms with Gasteiger partial charge in [-0.3, -0.25) is 0 Å². The minimum Gasteiger partial charge on any atom is -0.478 e. The average Bonchev–Trinajstić information content (AvgIpc) is 3.09. The summed E-state index contributed by atoms with van der Waals surface area (Å²) in [6.45, 7) is 2.03. The van der Waals surface area contributed by atoms with Crippen molar-refractivity contribution in [2.45, 2.75) is 6.92 Å². The molecule has 1 aromatic carbocycles. The van der Waals surface area contributed by atoms with Gasteiger partial charge in [-0.25, -0.2) is 9.78 Å². The smallest absolute Gasteiger partial charge is 0.338 e. The van der Waals surface area contributed by atoms with Crippen molar-refractivity contribution in [3.05, 3.63) is 51.5 Å². The predicted molar refractivity (Wildman–Crippen MR) is 84.6 cm³/mol. The summed E-state index contributed by atoms with van der Waals surface area (Å²) in [4.78, 5) is 15.4. The van der Waals surface area contributed by atoms with E-state index >= 15 is 0 Å². The van der Waals surface area contributed by atoms with E-state index in [0.29, 0.717) is 11.5 Å². The van der Waals surface area contributed by atoms with Crippen LogP contribution in [0, 0.1) is 6.92 Å². The summed E-state index contributed by atoms with van der Waals surface area (Å²) in [6.07, 6.45) is 1.22. The monoisotopic (exact) mass is 363 g/mol. The van der Waals surface area contributed by atoms with E-state index in [-0.39, 0.29) is 5.56 Å². The van der Waals surface area contributed by atoms with E-state index in [4.69, 9.17) is 9.52 Å². The molecule has 3 aromatic rings. The topological polar surface area (TPSA) is 63.3 Å². The number of nitrogens with zero attached hydrogens (tertiary/aromatic N) is 1. The van der Waals surface area contributed by atoms with Gasteiger partial charge in [-0.15, -0.1) is 11.3 Å². The zero-order valence-electron chi connectivity index (χ0n) is 11.0. The Kier molecular flexibility index (Phi) is 3.65. The summed E-state index contributed by atoms with van der Waals surface area (Å²) in [5, 5.41) is 11.6. The maximum Gasteiger partial charge on any atom is 0.338 e. The van der Waals surface area contributed by atoms with Crippen LogP contribution in [0.25, 0.3) is 22.0 Å². The second-order valence-corrected chi connectivity index (χ2v) is 6.22. The molecule has 0 fully saturated rings. The molecule has 2 heterocycles. The number of hydrogen-bond acceptors (Lipinski definition) is 4. The third-order valence-electron chi connectivity index (χ3n) is 3.02. The highest BCUT2D eigenvalue weighted by molar-refractivity contribution is 9.10. The number of carbonyl (C=O) groups is 1. The van der Waals surface area contributed by atoms with Gasteiger partial charge in [-0.05, 0) is 18.6 Å². The number of rotatable bonds is 3. The maximum absolute atomic E-state index is 10.9. The molecule has 21 heavy (non-hydrogen) atoms. The number of furan rings is 1. The molecule has 4 nitrogen and oxygen atoms in total. The van der Waals surface area contributed by atoms with Gasteiger partial charge in [0, 0.05) is 21.5 Å². The third kappa shape index (κ3) is 2.77. The molecule has 106 valence electrons. The minimum atomic E-state index is -1.01. The molecule has 1 N–H and O–H groups in total. The fourth-order valence-electron chi connectivity index (χ4n) is 1.83. The van der Waals surface area contributed by atoms with Crippen LogP contribution >= 0.6 is 27.3 Å². The molecule has 0 aliphatic heterocycles. The molecule has 0 radical (unpaired) electrons. The fraction of sp³-hybridized carbons (Fsp3) is 0.0667. The van der Waals surface area contributed by atoms with Gasteiger partial charge in [0.25, 0.3) is 0 Å². The lowest BCUT2D eigenvalue weighted by atomic mass is 10.2. The molecule has 2 aromatic heterocycles. The standard InChI is InChI=1S/C15H10BrNO3S/c1-8-2-3-9(4-11(8)16)14-17-12(7-21-14)13-5-10(6-20-13)15(18)19/h2-7H,1H3,(H,18,19). The Hall–Kier alpha value is -1.92. The Labute approximate surface area is 133 Å². The number of thiazole rings is 1. The number of carboxylic acid groups (broad SMARTS) is 1. The van der Waals surface area contributed by atoms with Gasteiger partial charge in [0.15, 0.2) is 5.76 Å². The number of aromatic nitrogens is 1. The molecule has 6 heteroatoms. The SMILES string of the molecule is Cc1ccc(-c2nc(-c3cc(C(=O)O)co3)cs2)cc1Br. The Morgan fingerprint density at radius 3 is 2.86 bits per heavy atom. The molecule has 0 amide bonds. The number of hydrogen-bond donors (Lipinski definition) is 1. The third-order valence-corrected chi connectivity index (χ3v) is 4.77. The van der Waals surface area contributed by atoms with Gasteiger partial charge in [-0.2, -0.15) is 0 Å². The molecular weight excluding hydrogens is 354 g/mol.